The Morgan fingerprint density at radius 3 is 2.40 bits per heavy atom. The molecule has 1 amide bonds. The molecule has 0 aromatic carbocycles. The van der Waals surface area contributed by atoms with Crippen LogP contribution in [0.25, 0.3) is 0 Å². The Balaban J connectivity index is 2.43. The van der Waals surface area contributed by atoms with E-state index in [0.717, 1.165) is 13.1 Å². The van der Waals surface area contributed by atoms with Crippen LogP contribution in [-0.4, -0.2) is 74.2 Å². The van der Waals surface area contributed by atoms with E-state index >= 15 is 0 Å². The first-order chi connectivity index (χ1) is 9.27. The van der Waals surface area contributed by atoms with Crippen molar-refractivity contribution in [2.45, 2.75) is 51.3 Å². The average Bonchev–Trinajstić information content (AvgIpc) is 2.44. The minimum absolute atomic E-state index is 0.0135. The first kappa shape index (κ1) is 17.4. The summed E-state index contributed by atoms with van der Waals surface area (Å²) < 4.78 is 5.03. The van der Waals surface area contributed by atoms with Crippen molar-refractivity contribution in [3.05, 3.63) is 0 Å². The SMILES string of the molecule is CO[C@H](C)C(=O)NCC(C)(C)N1CCC(N(C)C)CC1. The third-order valence-corrected chi connectivity index (χ3v) is 4.47. The first-order valence-corrected chi connectivity index (χ1v) is 7.50. The van der Waals surface area contributed by atoms with Crippen LogP contribution >= 0.6 is 0 Å². The van der Waals surface area contributed by atoms with Crippen molar-refractivity contribution in [1.82, 2.24) is 15.1 Å². The maximum atomic E-state index is 11.8. The summed E-state index contributed by atoms with van der Waals surface area (Å²) in [5.74, 6) is -0.0382. The molecule has 5 heteroatoms. The number of ether oxygens (including phenoxy) is 1. The number of hydrogen-bond donors (Lipinski definition) is 1. The van der Waals surface area contributed by atoms with Gasteiger partial charge >= 0.3 is 0 Å². The highest BCUT2D eigenvalue weighted by Crippen LogP contribution is 2.22. The fourth-order valence-corrected chi connectivity index (χ4v) is 2.65. The van der Waals surface area contributed by atoms with Gasteiger partial charge in [-0.25, -0.2) is 0 Å². The molecular weight excluding hydrogens is 254 g/mol. The van der Waals surface area contributed by atoms with E-state index in [-0.39, 0.29) is 17.6 Å². The lowest BCUT2D eigenvalue weighted by molar-refractivity contribution is -0.130. The van der Waals surface area contributed by atoms with Crippen molar-refractivity contribution in [2.24, 2.45) is 0 Å². The zero-order valence-corrected chi connectivity index (χ0v) is 13.9. The van der Waals surface area contributed by atoms with E-state index in [4.69, 9.17) is 4.74 Å². The Labute approximate surface area is 123 Å². The molecular formula is C15H31N3O2. The molecule has 1 atom stereocenters. The van der Waals surface area contributed by atoms with Crippen LogP contribution in [0.4, 0.5) is 0 Å². The van der Waals surface area contributed by atoms with E-state index in [1.165, 1.54) is 12.8 Å². The maximum absolute atomic E-state index is 11.8. The predicted molar refractivity (Wildman–Crippen MR) is 81.8 cm³/mol. The van der Waals surface area contributed by atoms with E-state index in [9.17, 15) is 4.79 Å². The third-order valence-electron chi connectivity index (χ3n) is 4.47. The number of rotatable bonds is 6. The van der Waals surface area contributed by atoms with E-state index in [0.29, 0.717) is 12.6 Å². The Kier molecular flexibility index (Phi) is 6.43. The van der Waals surface area contributed by atoms with Crippen LogP contribution < -0.4 is 5.32 Å². The molecule has 1 fully saturated rings. The van der Waals surface area contributed by atoms with Gasteiger partial charge in [-0.05, 0) is 47.7 Å². The molecule has 0 aromatic heterocycles. The predicted octanol–water partition coefficient (Wildman–Crippen LogP) is 0.942. The fourth-order valence-electron chi connectivity index (χ4n) is 2.65. The van der Waals surface area contributed by atoms with Gasteiger partial charge in [0.1, 0.15) is 6.10 Å². The second-order valence-corrected chi connectivity index (χ2v) is 6.59. The summed E-state index contributed by atoms with van der Waals surface area (Å²) >= 11 is 0. The lowest BCUT2D eigenvalue weighted by atomic mass is 9.96. The average molecular weight is 285 g/mol. The zero-order chi connectivity index (χ0) is 15.3. The molecule has 0 unspecified atom stereocenters. The summed E-state index contributed by atoms with van der Waals surface area (Å²) in [6.07, 6.45) is 2.00. The van der Waals surface area contributed by atoms with Crippen LogP contribution in [0, 0.1) is 0 Å². The summed E-state index contributed by atoms with van der Waals surface area (Å²) in [4.78, 5) is 16.6. The van der Waals surface area contributed by atoms with Gasteiger partial charge in [0.15, 0.2) is 0 Å². The maximum Gasteiger partial charge on any atom is 0.248 e. The van der Waals surface area contributed by atoms with Gasteiger partial charge in [-0.1, -0.05) is 0 Å². The number of amides is 1. The van der Waals surface area contributed by atoms with Gasteiger partial charge in [-0.3, -0.25) is 9.69 Å². The van der Waals surface area contributed by atoms with E-state index in [2.05, 4.69) is 43.1 Å². The van der Waals surface area contributed by atoms with Gasteiger partial charge in [0.2, 0.25) is 5.91 Å². The highest BCUT2D eigenvalue weighted by molar-refractivity contribution is 5.80. The molecule has 1 aliphatic heterocycles. The number of carbonyl (C=O) groups is 1. The van der Waals surface area contributed by atoms with Crippen LogP contribution in [-0.2, 0) is 9.53 Å². The van der Waals surface area contributed by atoms with Gasteiger partial charge in [0.05, 0.1) is 0 Å². The van der Waals surface area contributed by atoms with E-state index < -0.39 is 0 Å². The molecule has 1 N–H and O–H groups in total. The summed E-state index contributed by atoms with van der Waals surface area (Å²) in [6, 6.07) is 0.685. The van der Waals surface area contributed by atoms with E-state index in [1.54, 1.807) is 14.0 Å². The van der Waals surface area contributed by atoms with Crippen molar-refractivity contribution < 1.29 is 9.53 Å². The standard InChI is InChI=1S/C15H31N3O2/c1-12(20-6)14(19)16-11-15(2,3)18-9-7-13(8-10-18)17(4)5/h12-13H,7-11H2,1-6H3,(H,16,19)/t12-/m1/s1. The van der Waals surface area contributed by atoms with Crippen LogP contribution in [0.3, 0.4) is 0 Å². The van der Waals surface area contributed by atoms with Gasteiger partial charge in [0.25, 0.3) is 0 Å². The topological polar surface area (TPSA) is 44.8 Å². The molecule has 118 valence electrons. The summed E-state index contributed by atoms with van der Waals surface area (Å²) in [6.45, 7) is 9.00. The smallest absolute Gasteiger partial charge is 0.248 e. The minimum Gasteiger partial charge on any atom is -0.372 e. The molecule has 0 bridgehead atoms. The Bertz CT molecular complexity index is 310. The van der Waals surface area contributed by atoms with Crippen LogP contribution in [0.5, 0.6) is 0 Å². The van der Waals surface area contributed by atoms with Crippen molar-refractivity contribution in [3.63, 3.8) is 0 Å². The fraction of sp³-hybridized carbons (Fsp3) is 0.933. The minimum atomic E-state index is -0.384. The number of piperidine rings is 1. The van der Waals surface area contributed by atoms with Crippen molar-refractivity contribution in [3.8, 4) is 0 Å². The number of hydrogen-bond acceptors (Lipinski definition) is 4. The molecule has 0 saturated carbocycles. The Hall–Kier alpha value is -0.650. The molecule has 0 aliphatic carbocycles. The number of nitrogens with one attached hydrogen (secondary N) is 1. The highest BCUT2D eigenvalue weighted by Gasteiger charge is 2.31. The molecule has 1 heterocycles. The molecule has 0 spiro atoms. The number of carbonyl (C=O) groups excluding carboxylic acids is 1. The molecule has 20 heavy (non-hydrogen) atoms. The second-order valence-electron chi connectivity index (χ2n) is 6.59. The zero-order valence-electron chi connectivity index (χ0n) is 13.9. The second kappa shape index (κ2) is 7.38. The molecule has 1 aliphatic rings. The Morgan fingerprint density at radius 1 is 1.40 bits per heavy atom. The number of likely N-dealkylation sites (tertiary alicyclic amines) is 1. The van der Waals surface area contributed by atoms with Crippen LogP contribution in [0.15, 0.2) is 0 Å². The summed E-state index contributed by atoms with van der Waals surface area (Å²) in [5, 5.41) is 2.99. The third kappa shape index (κ3) is 4.72. The van der Waals surface area contributed by atoms with Gasteiger partial charge in [-0.2, -0.15) is 0 Å². The number of methoxy groups -OCH3 is 1. The van der Waals surface area contributed by atoms with Crippen LogP contribution in [0.1, 0.15) is 33.6 Å². The molecule has 1 rings (SSSR count). The Morgan fingerprint density at radius 2 is 1.95 bits per heavy atom. The molecule has 0 radical (unpaired) electrons. The summed E-state index contributed by atoms with van der Waals surface area (Å²) in [7, 11) is 5.86. The van der Waals surface area contributed by atoms with Crippen molar-refractivity contribution >= 4 is 5.91 Å². The van der Waals surface area contributed by atoms with Crippen molar-refractivity contribution in [2.75, 3.05) is 40.8 Å². The lowest BCUT2D eigenvalue weighted by Crippen LogP contribution is -2.56. The molecule has 0 aromatic rings. The van der Waals surface area contributed by atoms with Gasteiger partial charge < -0.3 is 15.0 Å². The largest absolute Gasteiger partial charge is 0.372 e. The highest BCUT2D eigenvalue weighted by atomic mass is 16.5. The monoisotopic (exact) mass is 285 g/mol. The van der Waals surface area contributed by atoms with Crippen molar-refractivity contribution in [1.29, 1.82) is 0 Å². The van der Waals surface area contributed by atoms with Gasteiger partial charge in [-0.15, -0.1) is 0 Å². The lowest BCUT2D eigenvalue weighted by Gasteiger charge is -2.44. The number of nitrogens with zero attached hydrogens (tertiary/aromatic N) is 2. The van der Waals surface area contributed by atoms with Crippen LogP contribution in [0.2, 0.25) is 0 Å². The first-order valence-electron chi connectivity index (χ1n) is 7.50. The summed E-state index contributed by atoms with van der Waals surface area (Å²) in [5.41, 5.74) is -0.0135. The molecule has 1 saturated heterocycles. The quantitative estimate of drug-likeness (QED) is 0.789. The van der Waals surface area contributed by atoms with E-state index in [1.807, 2.05) is 0 Å². The van der Waals surface area contributed by atoms with Gasteiger partial charge in [0, 0.05) is 38.3 Å². The normalized spacial score (nSPS) is 20.1. The molecule has 5 nitrogen and oxygen atoms in total.